The Morgan fingerprint density at radius 1 is 1.75 bits per heavy atom. The van der Waals surface area contributed by atoms with Crippen molar-refractivity contribution >= 4 is 16.5 Å². The second-order valence-electron chi connectivity index (χ2n) is 2.89. The van der Waals surface area contributed by atoms with E-state index in [1.807, 2.05) is 12.3 Å². The van der Waals surface area contributed by atoms with Gasteiger partial charge >= 0.3 is 0 Å². The summed E-state index contributed by atoms with van der Waals surface area (Å²) in [6.07, 6.45) is 3.76. The summed E-state index contributed by atoms with van der Waals surface area (Å²) in [6.45, 7) is 8.76. The van der Waals surface area contributed by atoms with Gasteiger partial charge < -0.3 is 5.32 Å². The first-order valence-electron chi connectivity index (χ1n) is 4.04. The third kappa shape index (κ3) is 2.34. The second-order valence-corrected chi connectivity index (χ2v) is 3.95. The van der Waals surface area contributed by atoms with E-state index in [-0.39, 0.29) is 0 Å². The first kappa shape index (κ1) is 9.26. The fraction of sp³-hybridized carbons (Fsp3) is 0.444. The van der Waals surface area contributed by atoms with Gasteiger partial charge in [-0.25, -0.2) is 4.98 Å². The zero-order valence-electron chi connectivity index (χ0n) is 7.50. The Kier molecular flexibility index (Phi) is 3.29. The number of anilines is 1. The molecule has 12 heavy (non-hydrogen) atoms. The van der Waals surface area contributed by atoms with Crippen molar-refractivity contribution < 1.29 is 0 Å². The summed E-state index contributed by atoms with van der Waals surface area (Å²) in [7, 11) is 0. The maximum Gasteiger partial charge on any atom is 0.183 e. The van der Waals surface area contributed by atoms with Crippen molar-refractivity contribution in [1.29, 1.82) is 0 Å². The Hall–Kier alpha value is -0.830. The summed E-state index contributed by atoms with van der Waals surface area (Å²) in [5, 5.41) is 4.14. The number of aromatic nitrogens is 1. The minimum atomic E-state index is 0.571. The van der Waals surface area contributed by atoms with Crippen LogP contribution in [0.3, 0.4) is 0 Å². The van der Waals surface area contributed by atoms with Crippen LogP contribution in [0.2, 0.25) is 0 Å². The number of hydrogen-bond donors (Lipinski definition) is 1. The van der Waals surface area contributed by atoms with Gasteiger partial charge in [0, 0.05) is 17.6 Å². The minimum absolute atomic E-state index is 0.571. The SMILES string of the molecule is C=CCNc1ncc(C(C)C)s1. The second kappa shape index (κ2) is 4.26. The Labute approximate surface area is 77.3 Å². The Morgan fingerprint density at radius 2 is 2.50 bits per heavy atom. The molecule has 0 saturated carbocycles. The van der Waals surface area contributed by atoms with Crippen molar-refractivity contribution in [3.63, 3.8) is 0 Å². The lowest BCUT2D eigenvalue weighted by atomic mass is 10.2. The van der Waals surface area contributed by atoms with Crippen LogP contribution in [0.15, 0.2) is 18.9 Å². The molecule has 66 valence electrons. The van der Waals surface area contributed by atoms with E-state index in [1.54, 1.807) is 11.3 Å². The lowest BCUT2D eigenvalue weighted by Gasteiger charge is -1.97. The molecule has 0 unspecified atom stereocenters. The van der Waals surface area contributed by atoms with Crippen molar-refractivity contribution in [2.24, 2.45) is 0 Å². The van der Waals surface area contributed by atoms with Crippen LogP contribution < -0.4 is 5.32 Å². The standard InChI is InChI=1S/C9H14N2S/c1-4-5-10-9-11-6-8(12-9)7(2)3/h4,6-7H,1,5H2,2-3H3,(H,10,11). The third-order valence-electron chi connectivity index (χ3n) is 1.49. The number of rotatable bonds is 4. The molecule has 1 aromatic rings. The van der Waals surface area contributed by atoms with E-state index in [9.17, 15) is 0 Å². The fourth-order valence-corrected chi connectivity index (χ4v) is 1.62. The molecule has 0 atom stereocenters. The Morgan fingerprint density at radius 3 is 3.00 bits per heavy atom. The Bertz CT molecular complexity index is 253. The van der Waals surface area contributed by atoms with E-state index in [1.165, 1.54) is 4.88 Å². The fourth-order valence-electron chi connectivity index (χ4n) is 0.795. The summed E-state index contributed by atoms with van der Waals surface area (Å²) in [6, 6.07) is 0. The van der Waals surface area contributed by atoms with Crippen LogP contribution in [0.1, 0.15) is 24.6 Å². The van der Waals surface area contributed by atoms with Gasteiger partial charge in [-0.1, -0.05) is 19.9 Å². The zero-order chi connectivity index (χ0) is 8.97. The molecule has 0 aromatic carbocycles. The van der Waals surface area contributed by atoms with Gasteiger partial charge in [0.2, 0.25) is 0 Å². The molecule has 0 saturated heterocycles. The van der Waals surface area contributed by atoms with E-state index >= 15 is 0 Å². The highest BCUT2D eigenvalue weighted by Crippen LogP contribution is 2.24. The molecule has 1 aromatic heterocycles. The molecule has 0 aliphatic carbocycles. The van der Waals surface area contributed by atoms with Crippen LogP contribution in [-0.4, -0.2) is 11.5 Å². The molecule has 1 N–H and O–H groups in total. The maximum atomic E-state index is 4.23. The van der Waals surface area contributed by atoms with E-state index in [0.717, 1.165) is 11.7 Å². The van der Waals surface area contributed by atoms with Crippen LogP contribution in [0, 0.1) is 0 Å². The average molecular weight is 182 g/mol. The maximum absolute atomic E-state index is 4.23. The van der Waals surface area contributed by atoms with Crippen LogP contribution in [0.4, 0.5) is 5.13 Å². The van der Waals surface area contributed by atoms with Crippen molar-refractivity contribution in [1.82, 2.24) is 4.98 Å². The van der Waals surface area contributed by atoms with Gasteiger partial charge in [-0.2, -0.15) is 0 Å². The van der Waals surface area contributed by atoms with E-state index in [2.05, 4.69) is 30.7 Å². The zero-order valence-corrected chi connectivity index (χ0v) is 8.32. The monoisotopic (exact) mass is 182 g/mol. The molecule has 3 heteroatoms. The highest BCUT2D eigenvalue weighted by Gasteiger charge is 2.03. The van der Waals surface area contributed by atoms with Crippen LogP contribution in [0.25, 0.3) is 0 Å². The van der Waals surface area contributed by atoms with Gasteiger partial charge in [-0.15, -0.1) is 17.9 Å². The summed E-state index contributed by atoms with van der Waals surface area (Å²) in [5.74, 6) is 0.571. The molecule has 0 bridgehead atoms. The first-order valence-corrected chi connectivity index (χ1v) is 4.86. The van der Waals surface area contributed by atoms with Gasteiger partial charge in [0.15, 0.2) is 5.13 Å². The van der Waals surface area contributed by atoms with Crippen molar-refractivity contribution in [2.75, 3.05) is 11.9 Å². The van der Waals surface area contributed by atoms with Crippen LogP contribution in [-0.2, 0) is 0 Å². The molecule has 0 fully saturated rings. The van der Waals surface area contributed by atoms with Crippen molar-refractivity contribution in [3.8, 4) is 0 Å². The molecular weight excluding hydrogens is 168 g/mol. The summed E-state index contributed by atoms with van der Waals surface area (Å²) < 4.78 is 0. The van der Waals surface area contributed by atoms with Gasteiger partial charge in [0.05, 0.1) is 0 Å². The number of nitrogens with zero attached hydrogens (tertiary/aromatic N) is 1. The molecule has 2 nitrogen and oxygen atoms in total. The van der Waals surface area contributed by atoms with Gasteiger partial charge in [-0.3, -0.25) is 0 Å². The lowest BCUT2D eigenvalue weighted by molar-refractivity contribution is 0.885. The predicted molar refractivity (Wildman–Crippen MR) is 54.9 cm³/mol. The van der Waals surface area contributed by atoms with Crippen LogP contribution in [0.5, 0.6) is 0 Å². The molecule has 0 aliphatic rings. The lowest BCUT2D eigenvalue weighted by Crippen LogP contribution is -1.95. The highest BCUT2D eigenvalue weighted by atomic mass is 32.1. The first-order chi connectivity index (χ1) is 5.74. The molecule has 0 spiro atoms. The van der Waals surface area contributed by atoms with Crippen molar-refractivity contribution in [3.05, 3.63) is 23.7 Å². The molecule has 1 heterocycles. The van der Waals surface area contributed by atoms with Gasteiger partial charge in [0.1, 0.15) is 0 Å². The summed E-state index contributed by atoms with van der Waals surface area (Å²) >= 11 is 1.71. The molecule has 0 radical (unpaired) electrons. The van der Waals surface area contributed by atoms with Gasteiger partial charge in [0.25, 0.3) is 0 Å². The summed E-state index contributed by atoms with van der Waals surface area (Å²) in [5.41, 5.74) is 0. The normalized spacial score (nSPS) is 10.2. The summed E-state index contributed by atoms with van der Waals surface area (Å²) in [4.78, 5) is 5.56. The highest BCUT2D eigenvalue weighted by molar-refractivity contribution is 7.15. The number of thiazole rings is 1. The number of hydrogen-bond acceptors (Lipinski definition) is 3. The van der Waals surface area contributed by atoms with Crippen molar-refractivity contribution in [2.45, 2.75) is 19.8 Å². The van der Waals surface area contributed by atoms with Gasteiger partial charge in [-0.05, 0) is 5.92 Å². The minimum Gasteiger partial charge on any atom is -0.358 e. The third-order valence-corrected chi connectivity index (χ3v) is 2.75. The quantitative estimate of drug-likeness (QED) is 0.724. The van der Waals surface area contributed by atoms with E-state index in [0.29, 0.717) is 5.92 Å². The molecule has 1 rings (SSSR count). The molecular formula is C9H14N2S. The van der Waals surface area contributed by atoms with Crippen LogP contribution >= 0.6 is 11.3 Å². The predicted octanol–water partition coefficient (Wildman–Crippen LogP) is 2.86. The Balaban J connectivity index is 2.58. The largest absolute Gasteiger partial charge is 0.358 e. The average Bonchev–Trinajstić information content (AvgIpc) is 2.48. The topological polar surface area (TPSA) is 24.9 Å². The van der Waals surface area contributed by atoms with E-state index < -0.39 is 0 Å². The molecule has 0 aliphatic heterocycles. The van der Waals surface area contributed by atoms with E-state index in [4.69, 9.17) is 0 Å². The molecule has 0 amide bonds. The smallest absolute Gasteiger partial charge is 0.183 e. The number of nitrogens with one attached hydrogen (secondary N) is 1.